The number of thioether (sulfide) groups is 1. The minimum Gasteiger partial charge on any atom is -0.465 e. The first kappa shape index (κ1) is 27.7. The molecule has 1 atom stereocenters. The Morgan fingerprint density at radius 1 is 1.25 bits per heavy atom. The van der Waals surface area contributed by atoms with Crippen LogP contribution in [0.2, 0.25) is 0 Å². The molecule has 1 aliphatic carbocycles. The molecule has 0 saturated carbocycles. The van der Waals surface area contributed by atoms with Crippen LogP contribution in [0.1, 0.15) is 55.3 Å². The summed E-state index contributed by atoms with van der Waals surface area (Å²) in [6, 6.07) is 11.6. The van der Waals surface area contributed by atoms with Crippen molar-refractivity contribution in [2.24, 2.45) is 11.1 Å². The number of nitrogens with zero attached hydrogens (tertiary/aromatic N) is 4. The second-order valence-electron chi connectivity index (χ2n) is 10.9. The van der Waals surface area contributed by atoms with Crippen LogP contribution >= 0.6 is 23.1 Å². The van der Waals surface area contributed by atoms with Gasteiger partial charge in [-0.1, -0.05) is 49.1 Å². The van der Waals surface area contributed by atoms with Gasteiger partial charge in [-0.25, -0.2) is 0 Å². The van der Waals surface area contributed by atoms with E-state index in [9.17, 15) is 14.9 Å². The molecule has 11 heteroatoms. The van der Waals surface area contributed by atoms with Crippen molar-refractivity contribution in [2.75, 3.05) is 16.0 Å². The van der Waals surface area contributed by atoms with Crippen molar-refractivity contribution in [1.82, 2.24) is 10.2 Å². The lowest BCUT2D eigenvalue weighted by molar-refractivity contribution is -0.118. The fourth-order valence-corrected chi connectivity index (χ4v) is 6.85. The van der Waals surface area contributed by atoms with Crippen molar-refractivity contribution in [3.8, 4) is 6.07 Å². The number of rotatable bonds is 6. The summed E-state index contributed by atoms with van der Waals surface area (Å²) >= 11 is 2.53. The lowest BCUT2D eigenvalue weighted by Gasteiger charge is -2.42. The highest BCUT2D eigenvalue weighted by atomic mass is 32.2. The number of hydrogen-bond acceptors (Lipinski definition) is 10. The molecule has 5 rings (SSSR count). The van der Waals surface area contributed by atoms with Crippen LogP contribution in [0.4, 0.5) is 10.8 Å². The topological polar surface area (TPSA) is 138 Å². The fourth-order valence-electron chi connectivity index (χ4n) is 5.17. The second kappa shape index (κ2) is 10.6. The first-order valence-electron chi connectivity index (χ1n) is 12.8. The highest BCUT2D eigenvalue weighted by molar-refractivity contribution is 8.01. The van der Waals surface area contributed by atoms with E-state index < -0.39 is 5.92 Å². The Hall–Kier alpha value is -3.88. The van der Waals surface area contributed by atoms with Crippen molar-refractivity contribution in [1.29, 1.82) is 5.26 Å². The number of allylic oxidation sites excluding steroid dienone is 3. The van der Waals surface area contributed by atoms with Gasteiger partial charge in [-0.15, -0.1) is 10.2 Å². The van der Waals surface area contributed by atoms with E-state index in [2.05, 4.69) is 21.6 Å². The van der Waals surface area contributed by atoms with Gasteiger partial charge < -0.3 is 15.5 Å². The lowest BCUT2D eigenvalue weighted by Crippen LogP contribution is -2.42. The number of nitrogens with two attached hydrogens (primary N) is 1. The molecule has 0 radical (unpaired) electrons. The molecular formula is C29H30N6O3S2. The summed E-state index contributed by atoms with van der Waals surface area (Å²) in [6.07, 6.45) is 0.908. The Bertz CT molecular complexity index is 1620. The third-order valence-electron chi connectivity index (χ3n) is 7.22. The van der Waals surface area contributed by atoms with Gasteiger partial charge in [0.15, 0.2) is 10.1 Å². The zero-order valence-electron chi connectivity index (χ0n) is 23.0. The van der Waals surface area contributed by atoms with Crippen molar-refractivity contribution in [3.05, 3.63) is 75.6 Å². The van der Waals surface area contributed by atoms with Crippen molar-refractivity contribution < 1.29 is 14.0 Å². The molecule has 0 fully saturated rings. The van der Waals surface area contributed by atoms with E-state index in [1.54, 1.807) is 11.0 Å². The molecule has 3 N–H and O–H groups in total. The predicted molar refractivity (Wildman–Crippen MR) is 156 cm³/mol. The van der Waals surface area contributed by atoms with Gasteiger partial charge in [0.2, 0.25) is 11.0 Å². The van der Waals surface area contributed by atoms with Crippen LogP contribution in [0.5, 0.6) is 0 Å². The average molecular weight is 575 g/mol. The number of nitriles is 1. The summed E-state index contributed by atoms with van der Waals surface area (Å²) < 4.78 is 6.47. The van der Waals surface area contributed by atoms with Crippen LogP contribution in [0.25, 0.3) is 0 Å². The number of benzene rings is 1. The number of aromatic nitrogens is 2. The van der Waals surface area contributed by atoms with E-state index in [4.69, 9.17) is 10.2 Å². The minimum atomic E-state index is -0.677. The summed E-state index contributed by atoms with van der Waals surface area (Å²) in [5, 5.41) is 22.2. The molecule has 1 unspecified atom stereocenters. The molecule has 1 aliphatic heterocycles. The molecule has 40 heavy (non-hydrogen) atoms. The van der Waals surface area contributed by atoms with Gasteiger partial charge in [-0.05, 0) is 61.9 Å². The first-order chi connectivity index (χ1) is 19.0. The Kier molecular flexibility index (Phi) is 7.33. The third-order valence-corrected chi connectivity index (χ3v) is 9.26. The summed E-state index contributed by atoms with van der Waals surface area (Å²) in [4.78, 5) is 27.9. The number of carbonyl (C=O) groups excluding carboxylic acids is 2. The quantitative estimate of drug-likeness (QED) is 0.354. The van der Waals surface area contributed by atoms with Crippen LogP contribution in [-0.4, -0.2) is 27.6 Å². The molecule has 206 valence electrons. The molecule has 9 nitrogen and oxygen atoms in total. The summed E-state index contributed by atoms with van der Waals surface area (Å²) in [5.41, 5.74) is 10.7. The maximum absolute atomic E-state index is 13.6. The van der Waals surface area contributed by atoms with Gasteiger partial charge in [0.25, 0.3) is 0 Å². The largest absolute Gasteiger partial charge is 0.465 e. The molecule has 2 aliphatic rings. The molecule has 3 aromatic rings. The molecule has 1 aromatic carbocycles. The van der Waals surface area contributed by atoms with Crippen molar-refractivity contribution >= 4 is 45.6 Å². The number of aryl methyl sites for hydroxylation is 2. The highest BCUT2D eigenvalue weighted by Crippen LogP contribution is 2.51. The Balaban J connectivity index is 1.45. The zero-order valence-corrected chi connectivity index (χ0v) is 24.6. The highest BCUT2D eigenvalue weighted by Gasteiger charge is 2.46. The van der Waals surface area contributed by atoms with E-state index in [1.807, 2.05) is 58.9 Å². The SMILES string of the molecule is Cc1ccc(C2C(C#N)=C(N)N(c3nnc(SCC(=O)Nc4cccc(C)c4C)s3)C3=C2C(=O)CC(C)(C)C3)o1. The van der Waals surface area contributed by atoms with Crippen molar-refractivity contribution in [3.63, 3.8) is 0 Å². The minimum absolute atomic E-state index is 0.0437. The van der Waals surface area contributed by atoms with E-state index >= 15 is 0 Å². The van der Waals surface area contributed by atoms with E-state index in [0.29, 0.717) is 45.1 Å². The van der Waals surface area contributed by atoms with Gasteiger partial charge in [0.1, 0.15) is 17.3 Å². The Morgan fingerprint density at radius 2 is 2.02 bits per heavy atom. The number of ketones is 1. The van der Waals surface area contributed by atoms with Gasteiger partial charge in [0, 0.05) is 23.4 Å². The van der Waals surface area contributed by atoms with Gasteiger partial charge in [-0.2, -0.15) is 5.26 Å². The predicted octanol–water partition coefficient (Wildman–Crippen LogP) is 5.73. The maximum atomic E-state index is 13.6. The smallest absolute Gasteiger partial charge is 0.234 e. The second-order valence-corrected chi connectivity index (χ2v) is 13.0. The number of Topliss-reactive ketones (excluding diaryl/α,β-unsaturated/α-hetero) is 1. The number of hydrogen-bond donors (Lipinski definition) is 2. The Morgan fingerprint density at radius 3 is 2.73 bits per heavy atom. The number of carbonyl (C=O) groups is 2. The van der Waals surface area contributed by atoms with Gasteiger partial charge in [-0.3, -0.25) is 14.5 Å². The summed E-state index contributed by atoms with van der Waals surface area (Å²) in [5.74, 6) is 0.678. The van der Waals surface area contributed by atoms with Crippen LogP contribution in [0.15, 0.2) is 61.8 Å². The monoisotopic (exact) mass is 574 g/mol. The number of amides is 1. The zero-order chi connectivity index (χ0) is 28.8. The fraction of sp³-hybridized carbons (Fsp3) is 0.345. The number of furan rings is 1. The lowest BCUT2D eigenvalue weighted by atomic mass is 9.69. The first-order valence-corrected chi connectivity index (χ1v) is 14.6. The average Bonchev–Trinajstić information content (AvgIpc) is 3.53. The number of anilines is 2. The molecule has 0 saturated heterocycles. The number of nitrogens with one attached hydrogen (secondary N) is 1. The Labute approximate surface area is 241 Å². The third kappa shape index (κ3) is 5.17. The summed E-state index contributed by atoms with van der Waals surface area (Å²) in [7, 11) is 0. The van der Waals surface area contributed by atoms with Crippen LogP contribution in [-0.2, 0) is 9.59 Å². The van der Waals surface area contributed by atoms with Gasteiger partial charge in [0.05, 0.1) is 23.3 Å². The molecule has 0 bridgehead atoms. The van der Waals surface area contributed by atoms with Crippen LogP contribution in [0.3, 0.4) is 0 Å². The molecule has 2 aromatic heterocycles. The van der Waals surface area contributed by atoms with Gasteiger partial charge >= 0.3 is 0 Å². The van der Waals surface area contributed by atoms with Crippen LogP contribution < -0.4 is 16.0 Å². The standard InChI is InChI=1S/C29H30N6O3S2/c1-15-7-6-8-19(17(15)3)32-23(37)14-39-28-34-33-27(40-28)35-20-11-29(4,5)12-21(36)25(20)24(18(13-30)26(35)31)22-10-9-16(2)38-22/h6-10,24H,11-12,14,31H2,1-5H3,(H,32,37). The maximum Gasteiger partial charge on any atom is 0.234 e. The molecule has 3 heterocycles. The summed E-state index contributed by atoms with van der Waals surface area (Å²) in [6.45, 7) is 9.87. The van der Waals surface area contributed by atoms with E-state index in [1.165, 1.54) is 23.1 Å². The molecule has 0 spiro atoms. The van der Waals surface area contributed by atoms with Crippen molar-refractivity contribution in [2.45, 2.75) is 57.7 Å². The van der Waals surface area contributed by atoms with Crippen LogP contribution in [0, 0.1) is 37.5 Å². The van der Waals surface area contributed by atoms with E-state index in [-0.39, 0.29) is 34.3 Å². The normalized spacial score (nSPS) is 18.6. The molecule has 1 amide bonds. The van der Waals surface area contributed by atoms with E-state index in [0.717, 1.165) is 16.8 Å². The molecular weight excluding hydrogens is 544 g/mol.